The molecule has 1 aromatic carbocycles. The number of halogens is 1. The van der Waals surface area contributed by atoms with Crippen molar-refractivity contribution < 1.29 is 17.9 Å². The van der Waals surface area contributed by atoms with Crippen LogP contribution in [0, 0.1) is 0 Å². The van der Waals surface area contributed by atoms with Crippen LogP contribution in [0.1, 0.15) is 17.7 Å². The van der Waals surface area contributed by atoms with Crippen LogP contribution in [-0.4, -0.2) is 39.1 Å². The topological polar surface area (TPSA) is 55.8 Å². The van der Waals surface area contributed by atoms with Gasteiger partial charge in [0.15, 0.2) is 0 Å². The van der Waals surface area contributed by atoms with Crippen LogP contribution in [0.25, 0.3) is 0 Å². The Kier molecular flexibility index (Phi) is 6.17. The fraction of sp³-hybridized carbons (Fsp3) is 0.412. The van der Waals surface area contributed by atoms with Gasteiger partial charge >= 0.3 is 0 Å². The summed E-state index contributed by atoms with van der Waals surface area (Å²) in [6.45, 7) is 1.42. The van der Waals surface area contributed by atoms with E-state index in [1.165, 1.54) is 4.31 Å². The normalized spacial score (nSPS) is 18.0. The number of benzene rings is 1. The Morgan fingerprint density at radius 2 is 2.24 bits per heavy atom. The molecule has 1 aliphatic rings. The van der Waals surface area contributed by atoms with Gasteiger partial charge in [-0.15, -0.1) is 11.3 Å². The molecule has 0 N–H and O–H groups in total. The predicted molar refractivity (Wildman–Crippen MR) is 102 cm³/mol. The predicted octanol–water partition coefficient (Wildman–Crippen LogP) is 3.89. The highest BCUT2D eigenvalue weighted by atomic mass is 79.9. The van der Waals surface area contributed by atoms with Crippen LogP contribution in [-0.2, 0) is 21.3 Å². The fourth-order valence-corrected chi connectivity index (χ4v) is 5.77. The average Bonchev–Trinajstić information content (AvgIpc) is 3.28. The van der Waals surface area contributed by atoms with Gasteiger partial charge in [-0.3, -0.25) is 0 Å². The van der Waals surface area contributed by atoms with Gasteiger partial charge in [0, 0.05) is 24.6 Å². The minimum Gasteiger partial charge on any atom is -0.496 e. The first kappa shape index (κ1) is 18.8. The zero-order valence-corrected chi connectivity index (χ0v) is 17.1. The molecule has 25 heavy (non-hydrogen) atoms. The lowest BCUT2D eigenvalue weighted by Crippen LogP contribution is -2.36. The smallest absolute Gasteiger partial charge is 0.243 e. The first-order valence-electron chi connectivity index (χ1n) is 7.98. The monoisotopic (exact) mass is 445 g/mol. The summed E-state index contributed by atoms with van der Waals surface area (Å²) in [5.74, 6) is 0.600. The Bertz CT molecular complexity index is 802. The molecule has 1 saturated heterocycles. The molecule has 136 valence electrons. The second-order valence-electron chi connectivity index (χ2n) is 5.81. The van der Waals surface area contributed by atoms with Crippen molar-refractivity contribution in [2.45, 2.75) is 30.4 Å². The molecular weight excluding hydrogens is 426 g/mol. The molecule has 1 fully saturated rings. The van der Waals surface area contributed by atoms with Gasteiger partial charge in [0.25, 0.3) is 0 Å². The Labute approximate surface area is 160 Å². The number of rotatable bonds is 7. The van der Waals surface area contributed by atoms with E-state index < -0.39 is 10.0 Å². The van der Waals surface area contributed by atoms with E-state index in [1.54, 1.807) is 36.6 Å². The molecular formula is C17H20BrNO4S2. The van der Waals surface area contributed by atoms with Gasteiger partial charge in [-0.2, -0.15) is 4.31 Å². The maximum absolute atomic E-state index is 13.2. The molecule has 0 spiro atoms. The van der Waals surface area contributed by atoms with E-state index in [9.17, 15) is 8.42 Å². The minimum atomic E-state index is -3.64. The standard InChI is InChI=1S/C17H20BrNO4S2/c1-22-17-7-6-15(10-16(17)18)25(20,21)19(11-13-4-2-8-23-13)12-14-5-3-9-24-14/h3,5-7,9-10,13H,2,4,8,11-12H2,1H3/t13-/m0/s1. The number of ether oxygens (including phenoxy) is 2. The van der Waals surface area contributed by atoms with Gasteiger partial charge in [0.05, 0.1) is 22.6 Å². The highest BCUT2D eigenvalue weighted by molar-refractivity contribution is 9.10. The molecule has 1 aliphatic heterocycles. The van der Waals surface area contributed by atoms with Gasteiger partial charge < -0.3 is 9.47 Å². The molecule has 0 aliphatic carbocycles. The van der Waals surface area contributed by atoms with Crippen LogP contribution in [0.4, 0.5) is 0 Å². The summed E-state index contributed by atoms with van der Waals surface area (Å²) in [7, 11) is -2.09. The number of hydrogen-bond donors (Lipinski definition) is 0. The first-order chi connectivity index (χ1) is 12.0. The van der Waals surface area contributed by atoms with Gasteiger partial charge in [-0.25, -0.2) is 8.42 Å². The van der Waals surface area contributed by atoms with Crippen molar-refractivity contribution in [3.63, 3.8) is 0 Å². The van der Waals surface area contributed by atoms with Gasteiger partial charge in [0.2, 0.25) is 10.0 Å². The number of methoxy groups -OCH3 is 1. The summed E-state index contributed by atoms with van der Waals surface area (Å²) in [6.07, 6.45) is 1.82. The molecule has 1 atom stereocenters. The van der Waals surface area contributed by atoms with E-state index in [2.05, 4.69) is 15.9 Å². The van der Waals surface area contributed by atoms with E-state index >= 15 is 0 Å². The first-order valence-corrected chi connectivity index (χ1v) is 11.1. The second kappa shape index (κ2) is 8.18. The fourth-order valence-electron chi connectivity index (χ4n) is 2.80. The van der Waals surface area contributed by atoms with Crippen molar-refractivity contribution >= 4 is 37.3 Å². The summed E-state index contributed by atoms with van der Waals surface area (Å²) in [4.78, 5) is 1.25. The van der Waals surface area contributed by atoms with Crippen molar-refractivity contribution in [1.29, 1.82) is 0 Å². The summed E-state index contributed by atoms with van der Waals surface area (Å²) in [5.41, 5.74) is 0. The van der Waals surface area contributed by atoms with Crippen LogP contribution in [0.15, 0.2) is 45.1 Å². The van der Waals surface area contributed by atoms with Crippen LogP contribution < -0.4 is 4.74 Å². The summed E-state index contributed by atoms with van der Waals surface area (Å²) >= 11 is 4.92. The van der Waals surface area contributed by atoms with E-state index in [1.807, 2.05) is 17.5 Å². The van der Waals surface area contributed by atoms with E-state index in [0.717, 1.165) is 17.7 Å². The van der Waals surface area contributed by atoms with Crippen LogP contribution in [0.5, 0.6) is 5.75 Å². The van der Waals surface area contributed by atoms with Crippen LogP contribution in [0.2, 0.25) is 0 Å². The number of thiophene rings is 1. The molecule has 2 aromatic rings. The largest absolute Gasteiger partial charge is 0.496 e. The maximum Gasteiger partial charge on any atom is 0.243 e. The van der Waals surface area contributed by atoms with Crippen molar-refractivity contribution in [3.8, 4) is 5.75 Å². The Balaban J connectivity index is 1.90. The molecule has 0 bridgehead atoms. The maximum atomic E-state index is 13.2. The van der Waals surface area contributed by atoms with E-state index in [-0.39, 0.29) is 11.0 Å². The second-order valence-corrected chi connectivity index (χ2v) is 9.63. The summed E-state index contributed by atoms with van der Waals surface area (Å²) in [6, 6.07) is 8.71. The Hall–Kier alpha value is -0.930. The number of nitrogens with zero attached hydrogens (tertiary/aromatic N) is 1. The lowest BCUT2D eigenvalue weighted by Gasteiger charge is -2.24. The Morgan fingerprint density at radius 3 is 2.84 bits per heavy atom. The third kappa shape index (κ3) is 4.43. The van der Waals surface area contributed by atoms with E-state index in [0.29, 0.717) is 29.9 Å². The van der Waals surface area contributed by atoms with Gasteiger partial charge in [0.1, 0.15) is 5.75 Å². The molecule has 1 aromatic heterocycles. The molecule has 0 amide bonds. The Morgan fingerprint density at radius 1 is 1.40 bits per heavy atom. The van der Waals surface area contributed by atoms with E-state index in [4.69, 9.17) is 9.47 Å². The van der Waals surface area contributed by atoms with Crippen molar-refractivity contribution in [1.82, 2.24) is 4.31 Å². The molecule has 8 heteroatoms. The zero-order chi connectivity index (χ0) is 17.9. The third-order valence-electron chi connectivity index (χ3n) is 4.10. The quantitative estimate of drug-likeness (QED) is 0.648. The number of sulfonamides is 1. The van der Waals surface area contributed by atoms with Crippen molar-refractivity contribution in [3.05, 3.63) is 45.1 Å². The molecule has 0 saturated carbocycles. The van der Waals surface area contributed by atoms with Gasteiger partial charge in [-0.05, 0) is 58.4 Å². The SMILES string of the molecule is COc1ccc(S(=O)(=O)N(Cc2cccs2)C[C@@H]2CCCO2)cc1Br. The molecule has 2 heterocycles. The van der Waals surface area contributed by atoms with Crippen LogP contribution in [0.3, 0.4) is 0 Å². The minimum absolute atomic E-state index is 0.0450. The molecule has 0 radical (unpaired) electrons. The summed E-state index contributed by atoms with van der Waals surface area (Å²) < 4.78 is 39.4. The zero-order valence-electron chi connectivity index (χ0n) is 13.9. The summed E-state index contributed by atoms with van der Waals surface area (Å²) in [5, 5.41) is 1.95. The van der Waals surface area contributed by atoms with Gasteiger partial charge in [-0.1, -0.05) is 6.07 Å². The lowest BCUT2D eigenvalue weighted by atomic mass is 10.2. The highest BCUT2D eigenvalue weighted by Gasteiger charge is 2.30. The lowest BCUT2D eigenvalue weighted by molar-refractivity contribution is 0.0927. The highest BCUT2D eigenvalue weighted by Crippen LogP contribution is 2.30. The molecule has 5 nitrogen and oxygen atoms in total. The third-order valence-corrected chi connectivity index (χ3v) is 7.39. The molecule has 0 unspecified atom stereocenters. The van der Waals surface area contributed by atoms with Crippen LogP contribution >= 0.6 is 27.3 Å². The average molecular weight is 446 g/mol. The van der Waals surface area contributed by atoms with Crippen molar-refractivity contribution in [2.75, 3.05) is 20.3 Å². The number of hydrogen-bond acceptors (Lipinski definition) is 5. The van der Waals surface area contributed by atoms with Crippen molar-refractivity contribution in [2.24, 2.45) is 0 Å². The molecule has 3 rings (SSSR count).